The van der Waals surface area contributed by atoms with Crippen LogP contribution < -0.4 is 4.74 Å². The van der Waals surface area contributed by atoms with Crippen molar-refractivity contribution in [2.75, 3.05) is 7.11 Å². The number of methoxy groups -OCH3 is 1. The van der Waals surface area contributed by atoms with Crippen molar-refractivity contribution in [3.63, 3.8) is 0 Å². The topological polar surface area (TPSA) is 89.9 Å². The maximum absolute atomic E-state index is 13.0. The zero-order valence-electron chi connectivity index (χ0n) is 16.4. The zero-order chi connectivity index (χ0) is 20.4. The number of rotatable bonds is 7. The van der Waals surface area contributed by atoms with Gasteiger partial charge in [-0.1, -0.05) is 23.9 Å². The fourth-order valence-electron chi connectivity index (χ4n) is 3.24. The number of Topliss-reactive ketones (excluding diaryl/α,β-unsaturated/α-hetero) is 2. The molecule has 0 spiro atoms. The summed E-state index contributed by atoms with van der Waals surface area (Å²) >= 11 is 1.31. The first kappa shape index (κ1) is 19.9. The number of benzene rings is 1. The molecule has 3 aromatic rings. The molecule has 0 aliphatic heterocycles. The number of nitrogens with zero attached hydrogens (tertiary/aromatic N) is 3. The van der Waals surface area contributed by atoms with E-state index in [-0.39, 0.29) is 11.6 Å². The molecule has 3 rings (SSSR count). The second-order valence-corrected chi connectivity index (χ2v) is 7.77. The van der Waals surface area contributed by atoms with Crippen molar-refractivity contribution in [2.45, 2.75) is 38.1 Å². The van der Waals surface area contributed by atoms with Gasteiger partial charge in [0, 0.05) is 11.3 Å². The van der Waals surface area contributed by atoms with Gasteiger partial charge in [-0.15, -0.1) is 10.2 Å². The summed E-state index contributed by atoms with van der Waals surface area (Å²) in [6, 6.07) is 7.53. The third kappa shape index (κ3) is 3.60. The number of aryl methyl sites for hydroxylation is 1. The lowest BCUT2D eigenvalue weighted by molar-refractivity contribution is 0.0988. The van der Waals surface area contributed by atoms with E-state index < -0.39 is 5.25 Å². The number of aromatic nitrogens is 4. The van der Waals surface area contributed by atoms with Gasteiger partial charge < -0.3 is 9.72 Å². The van der Waals surface area contributed by atoms with Crippen LogP contribution in [0.5, 0.6) is 5.75 Å². The van der Waals surface area contributed by atoms with E-state index in [4.69, 9.17) is 4.74 Å². The summed E-state index contributed by atoms with van der Waals surface area (Å²) in [7, 11) is 1.60. The molecule has 0 bridgehead atoms. The maximum Gasteiger partial charge on any atom is 0.196 e. The summed E-state index contributed by atoms with van der Waals surface area (Å²) in [4.78, 5) is 27.9. The highest BCUT2D eigenvalue weighted by Crippen LogP contribution is 2.30. The summed E-state index contributed by atoms with van der Waals surface area (Å²) < 4.78 is 7.20. The van der Waals surface area contributed by atoms with Crippen LogP contribution >= 0.6 is 11.8 Å². The third-order valence-corrected chi connectivity index (χ3v) is 5.61. The molecule has 0 saturated carbocycles. The number of carbonyl (C=O) groups excluding carboxylic acids is 2. The molecule has 0 unspecified atom stereocenters. The van der Waals surface area contributed by atoms with Gasteiger partial charge in [0.25, 0.3) is 0 Å². The molecular formula is C20H22N4O3S. The van der Waals surface area contributed by atoms with Gasteiger partial charge in [0.1, 0.15) is 12.1 Å². The van der Waals surface area contributed by atoms with Crippen LogP contribution in [-0.4, -0.2) is 43.7 Å². The highest BCUT2D eigenvalue weighted by atomic mass is 32.2. The summed E-state index contributed by atoms with van der Waals surface area (Å²) in [6.07, 6.45) is 1.59. The van der Waals surface area contributed by atoms with Crippen molar-refractivity contribution in [3.8, 4) is 11.4 Å². The Labute approximate surface area is 167 Å². The molecule has 0 aliphatic rings. The number of para-hydroxylation sites is 2. The largest absolute Gasteiger partial charge is 0.495 e. The fraction of sp³-hybridized carbons (Fsp3) is 0.300. The molecule has 1 N–H and O–H groups in total. The monoisotopic (exact) mass is 398 g/mol. The van der Waals surface area contributed by atoms with Crippen molar-refractivity contribution < 1.29 is 14.3 Å². The quantitative estimate of drug-likeness (QED) is 0.481. The lowest BCUT2D eigenvalue weighted by Gasteiger charge is -2.13. The Hall–Kier alpha value is -2.87. The van der Waals surface area contributed by atoms with Gasteiger partial charge in [0.15, 0.2) is 16.7 Å². The van der Waals surface area contributed by atoms with Crippen LogP contribution in [0, 0.1) is 13.8 Å². The summed E-state index contributed by atoms with van der Waals surface area (Å²) in [5.74, 6) is 0.541. The molecule has 0 amide bonds. The van der Waals surface area contributed by atoms with Crippen molar-refractivity contribution in [1.29, 1.82) is 0 Å². The Morgan fingerprint density at radius 1 is 1.25 bits per heavy atom. The maximum atomic E-state index is 13.0. The number of aromatic amines is 1. The number of ether oxygens (including phenoxy) is 1. The van der Waals surface area contributed by atoms with E-state index in [0.717, 1.165) is 5.69 Å². The molecule has 2 heterocycles. The first-order valence-corrected chi connectivity index (χ1v) is 9.67. The van der Waals surface area contributed by atoms with Crippen LogP contribution in [0.15, 0.2) is 35.7 Å². The molecule has 7 nitrogen and oxygen atoms in total. The molecule has 28 heavy (non-hydrogen) atoms. The van der Waals surface area contributed by atoms with Gasteiger partial charge >= 0.3 is 0 Å². The molecule has 8 heteroatoms. The second-order valence-electron chi connectivity index (χ2n) is 6.46. The normalized spacial score (nSPS) is 12.0. The molecule has 0 saturated heterocycles. The minimum atomic E-state index is -0.422. The Kier molecular flexibility index (Phi) is 5.69. The number of hydrogen-bond donors (Lipinski definition) is 1. The summed E-state index contributed by atoms with van der Waals surface area (Å²) in [5, 5.41) is 8.31. The lowest BCUT2D eigenvalue weighted by atomic mass is 10.0. The van der Waals surface area contributed by atoms with E-state index in [2.05, 4.69) is 15.2 Å². The second kappa shape index (κ2) is 8.02. The van der Waals surface area contributed by atoms with Crippen LogP contribution in [0.4, 0.5) is 0 Å². The van der Waals surface area contributed by atoms with E-state index in [1.807, 2.05) is 31.2 Å². The minimum Gasteiger partial charge on any atom is -0.495 e. The SMILES string of the molecule is COc1ccccc1-n1cnnc1S[C@H](C)C(=O)c1[nH]c(C)c(C(C)=O)c1C. The first-order valence-electron chi connectivity index (χ1n) is 8.79. The number of thioether (sulfide) groups is 1. The Morgan fingerprint density at radius 3 is 2.61 bits per heavy atom. The van der Waals surface area contributed by atoms with Crippen molar-refractivity contribution in [2.24, 2.45) is 0 Å². The molecular weight excluding hydrogens is 376 g/mol. The molecule has 0 aliphatic carbocycles. The van der Waals surface area contributed by atoms with Crippen molar-refractivity contribution >= 4 is 23.3 Å². The van der Waals surface area contributed by atoms with Crippen molar-refractivity contribution in [3.05, 3.63) is 53.1 Å². The number of nitrogens with one attached hydrogen (secondary N) is 1. The number of ketones is 2. The van der Waals surface area contributed by atoms with Gasteiger partial charge in [-0.3, -0.25) is 14.2 Å². The van der Waals surface area contributed by atoms with Crippen molar-refractivity contribution in [1.82, 2.24) is 19.7 Å². The highest BCUT2D eigenvalue weighted by molar-refractivity contribution is 8.00. The van der Waals surface area contributed by atoms with Gasteiger partial charge in [-0.25, -0.2) is 0 Å². The predicted octanol–water partition coefficient (Wildman–Crippen LogP) is 3.79. The Bertz CT molecular complexity index is 1040. The fourth-order valence-corrected chi connectivity index (χ4v) is 4.13. The zero-order valence-corrected chi connectivity index (χ0v) is 17.3. The smallest absolute Gasteiger partial charge is 0.196 e. The van der Waals surface area contributed by atoms with Gasteiger partial charge in [-0.05, 0) is 45.4 Å². The van der Waals surface area contributed by atoms with Crippen LogP contribution in [0.25, 0.3) is 5.69 Å². The molecule has 1 atom stereocenters. The Morgan fingerprint density at radius 2 is 1.96 bits per heavy atom. The molecule has 0 fully saturated rings. The lowest BCUT2D eigenvalue weighted by Crippen LogP contribution is -2.16. The molecule has 2 aromatic heterocycles. The standard InChI is InChI=1S/C20H22N4O3S/c1-11-17(13(3)25)12(2)22-18(11)19(26)14(4)28-20-23-21-10-24(20)15-8-6-7-9-16(15)27-5/h6-10,14,22H,1-5H3/t14-/m1/s1. The average Bonchev–Trinajstić information content (AvgIpc) is 3.24. The van der Waals surface area contributed by atoms with E-state index in [1.165, 1.54) is 18.7 Å². The average molecular weight is 398 g/mol. The van der Waals surface area contributed by atoms with Gasteiger partial charge in [0.05, 0.1) is 23.7 Å². The number of hydrogen-bond acceptors (Lipinski definition) is 6. The Balaban J connectivity index is 1.88. The van der Waals surface area contributed by atoms with Gasteiger partial charge in [0.2, 0.25) is 0 Å². The predicted molar refractivity (Wildman–Crippen MR) is 108 cm³/mol. The number of H-pyrrole nitrogens is 1. The van der Waals surface area contributed by atoms with Crippen LogP contribution in [-0.2, 0) is 0 Å². The first-order chi connectivity index (χ1) is 13.3. The summed E-state index contributed by atoms with van der Waals surface area (Å²) in [6.45, 7) is 6.92. The number of carbonyl (C=O) groups is 2. The highest BCUT2D eigenvalue weighted by Gasteiger charge is 2.26. The van der Waals surface area contributed by atoms with Crippen LogP contribution in [0.2, 0.25) is 0 Å². The molecule has 146 valence electrons. The van der Waals surface area contributed by atoms with Gasteiger partial charge in [-0.2, -0.15) is 0 Å². The third-order valence-electron chi connectivity index (χ3n) is 4.55. The summed E-state index contributed by atoms with van der Waals surface area (Å²) in [5.41, 5.74) is 3.24. The van der Waals surface area contributed by atoms with E-state index >= 15 is 0 Å². The molecule has 1 aromatic carbocycles. The molecule has 0 radical (unpaired) electrons. The minimum absolute atomic E-state index is 0.0541. The van der Waals surface area contributed by atoms with E-state index in [0.29, 0.717) is 33.4 Å². The van der Waals surface area contributed by atoms with E-state index in [1.54, 1.807) is 31.9 Å². The van der Waals surface area contributed by atoms with E-state index in [9.17, 15) is 9.59 Å². The van der Waals surface area contributed by atoms with Crippen LogP contribution in [0.1, 0.15) is 46.0 Å². The van der Waals surface area contributed by atoms with Crippen LogP contribution in [0.3, 0.4) is 0 Å².